The lowest BCUT2D eigenvalue weighted by Gasteiger charge is -2.14. The molecule has 1 heterocycles. The molecule has 0 fully saturated rings. The summed E-state index contributed by atoms with van der Waals surface area (Å²) >= 11 is 3.18. The van der Waals surface area contributed by atoms with Gasteiger partial charge in [-0.2, -0.15) is 0 Å². The number of rotatable bonds is 5. The van der Waals surface area contributed by atoms with E-state index in [0.717, 1.165) is 25.9 Å². The van der Waals surface area contributed by atoms with Crippen molar-refractivity contribution in [3.8, 4) is 0 Å². The molecule has 1 aliphatic rings. The second kappa shape index (κ2) is 7.33. The smallest absolute Gasteiger partial charge is 0.271 e. The Bertz CT molecular complexity index is 587. The van der Waals surface area contributed by atoms with Gasteiger partial charge in [-0.05, 0) is 25.5 Å². The van der Waals surface area contributed by atoms with E-state index < -0.39 is 4.92 Å². The molecule has 7 heteroatoms. The minimum Gasteiger partial charge on any atom is -0.352 e. The number of nitro groups is 1. The number of nitro benzene ring substituents is 1. The molecule has 0 saturated carbocycles. The van der Waals surface area contributed by atoms with Crippen LogP contribution in [0.4, 0.5) is 5.69 Å². The molecule has 112 valence electrons. The zero-order valence-electron chi connectivity index (χ0n) is 11.4. The maximum Gasteiger partial charge on any atom is 0.271 e. The Morgan fingerprint density at radius 2 is 2.24 bits per heavy atom. The van der Waals surface area contributed by atoms with Crippen LogP contribution in [0.25, 0.3) is 0 Å². The first kappa shape index (κ1) is 15.7. The molecule has 0 aromatic heterocycles. The third-order valence-electron chi connectivity index (χ3n) is 3.25. The fourth-order valence-corrected chi connectivity index (χ4v) is 2.63. The van der Waals surface area contributed by atoms with Crippen molar-refractivity contribution < 1.29 is 9.72 Å². The molecule has 1 aliphatic heterocycles. The molecule has 2 rings (SSSR count). The molecule has 2 N–H and O–H groups in total. The Balaban J connectivity index is 1.93. The summed E-state index contributed by atoms with van der Waals surface area (Å²) in [6.07, 6.45) is 3.95. The Kier molecular flexibility index (Phi) is 5.46. The third-order valence-corrected chi connectivity index (χ3v) is 3.70. The van der Waals surface area contributed by atoms with Gasteiger partial charge in [0.2, 0.25) is 0 Å². The van der Waals surface area contributed by atoms with Crippen LogP contribution in [0, 0.1) is 10.1 Å². The Hall–Kier alpha value is -1.73. The predicted molar refractivity (Wildman–Crippen MR) is 83.3 cm³/mol. The molecule has 1 aromatic carbocycles. The van der Waals surface area contributed by atoms with Crippen molar-refractivity contribution in [2.75, 3.05) is 19.6 Å². The summed E-state index contributed by atoms with van der Waals surface area (Å²) in [5.41, 5.74) is 1.51. The quantitative estimate of drug-likeness (QED) is 0.483. The van der Waals surface area contributed by atoms with Gasteiger partial charge in [-0.15, -0.1) is 0 Å². The standard InChI is InChI=1S/C14H16BrN3O3/c15-12-7-11(8-13(9-12)18(20)21)14(19)17-6-3-10-1-4-16-5-2-10/h1,7-9,16H,2-6H2,(H,17,19). The first-order valence-electron chi connectivity index (χ1n) is 6.68. The molecule has 1 aromatic rings. The van der Waals surface area contributed by atoms with Gasteiger partial charge in [0.1, 0.15) is 0 Å². The van der Waals surface area contributed by atoms with Gasteiger partial charge in [-0.25, -0.2) is 0 Å². The van der Waals surface area contributed by atoms with Crippen molar-refractivity contribution in [3.05, 3.63) is 50.0 Å². The molecule has 0 aliphatic carbocycles. The largest absolute Gasteiger partial charge is 0.352 e. The molecule has 0 atom stereocenters. The summed E-state index contributed by atoms with van der Waals surface area (Å²) in [5, 5.41) is 16.8. The molecule has 0 unspecified atom stereocenters. The normalized spacial score (nSPS) is 14.4. The molecular weight excluding hydrogens is 338 g/mol. The van der Waals surface area contributed by atoms with Gasteiger partial charge in [0.25, 0.3) is 11.6 Å². The summed E-state index contributed by atoms with van der Waals surface area (Å²) in [4.78, 5) is 22.3. The van der Waals surface area contributed by atoms with E-state index >= 15 is 0 Å². The average Bonchev–Trinajstić information content (AvgIpc) is 2.47. The SMILES string of the molecule is O=C(NCCC1=CCNCC1)c1cc(Br)cc([N+](=O)[O-])c1. The maximum absolute atomic E-state index is 12.0. The van der Waals surface area contributed by atoms with E-state index in [1.54, 1.807) is 6.07 Å². The second-order valence-electron chi connectivity index (χ2n) is 4.78. The van der Waals surface area contributed by atoms with Gasteiger partial charge in [-0.3, -0.25) is 14.9 Å². The highest BCUT2D eigenvalue weighted by atomic mass is 79.9. The molecule has 0 spiro atoms. The van der Waals surface area contributed by atoms with Gasteiger partial charge in [-0.1, -0.05) is 27.6 Å². The van der Waals surface area contributed by atoms with Crippen LogP contribution in [0.5, 0.6) is 0 Å². The number of nitrogens with one attached hydrogen (secondary N) is 2. The predicted octanol–water partition coefficient (Wildman–Crippen LogP) is 2.40. The highest BCUT2D eigenvalue weighted by molar-refractivity contribution is 9.10. The van der Waals surface area contributed by atoms with Crippen LogP contribution in [0.1, 0.15) is 23.2 Å². The number of nitrogens with zero attached hydrogens (tertiary/aromatic N) is 1. The fraction of sp³-hybridized carbons (Fsp3) is 0.357. The highest BCUT2D eigenvalue weighted by Gasteiger charge is 2.13. The van der Waals surface area contributed by atoms with Crippen LogP contribution in [-0.2, 0) is 0 Å². The van der Waals surface area contributed by atoms with E-state index in [1.807, 2.05) is 0 Å². The number of carbonyl (C=O) groups excluding carboxylic acids is 1. The summed E-state index contributed by atoms with van der Waals surface area (Å²) in [6, 6.07) is 4.23. The number of amides is 1. The summed E-state index contributed by atoms with van der Waals surface area (Å²) in [5.74, 6) is -0.297. The van der Waals surface area contributed by atoms with Crippen LogP contribution in [0.3, 0.4) is 0 Å². The number of hydrogen-bond acceptors (Lipinski definition) is 4. The van der Waals surface area contributed by atoms with E-state index in [1.165, 1.54) is 17.7 Å². The highest BCUT2D eigenvalue weighted by Crippen LogP contribution is 2.21. The number of non-ortho nitro benzene ring substituents is 1. The first-order valence-corrected chi connectivity index (χ1v) is 7.47. The maximum atomic E-state index is 12.0. The Morgan fingerprint density at radius 1 is 1.43 bits per heavy atom. The van der Waals surface area contributed by atoms with Crippen molar-refractivity contribution in [1.29, 1.82) is 0 Å². The fourth-order valence-electron chi connectivity index (χ4n) is 2.15. The van der Waals surface area contributed by atoms with E-state index in [-0.39, 0.29) is 17.2 Å². The van der Waals surface area contributed by atoms with Crippen molar-refractivity contribution in [1.82, 2.24) is 10.6 Å². The molecule has 0 bridgehead atoms. The number of halogens is 1. The number of hydrogen-bond donors (Lipinski definition) is 2. The minimum atomic E-state index is -0.513. The lowest BCUT2D eigenvalue weighted by molar-refractivity contribution is -0.385. The van der Waals surface area contributed by atoms with Crippen molar-refractivity contribution >= 4 is 27.5 Å². The van der Waals surface area contributed by atoms with Crippen molar-refractivity contribution in [2.24, 2.45) is 0 Å². The molecule has 21 heavy (non-hydrogen) atoms. The van der Waals surface area contributed by atoms with Crippen LogP contribution in [0.15, 0.2) is 34.3 Å². The van der Waals surface area contributed by atoms with Crippen molar-refractivity contribution in [3.63, 3.8) is 0 Å². The van der Waals surface area contributed by atoms with Crippen LogP contribution >= 0.6 is 15.9 Å². The van der Waals surface area contributed by atoms with E-state index in [0.29, 0.717) is 11.0 Å². The average molecular weight is 354 g/mol. The van der Waals surface area contributed by atoms with Gasteiger partial charge in [0.05, 0.1) is 4.92 Å². The zero-order valence-corrected chi connectivity index (χ0v) is 13.0. The molecule has 0 saturated heterocycles. The zero-order chi connectivity index (χ0) is 15.2. The monoisotopic (exact) mass is 353 g/mol. The molecular formula is C14H16BrN3O3. The van der Waals surface area contributed by atoms with Crippen LogP contribution in [-0.4, -0.2) is 30.5 Å². The topological polar surface area (TPSA) is 84.3 Å². The van der Waals surface area contributed by atoms with E-state index in [9.17, 15) is 14.9 Å². The Morgan fingerprint density at radius 3 is 2.90 bits per heavy atom. The minimum absolute atomic E-state index is 0.101. The summed E-state index contributed by atoms with van der Waals surface area (Å²) < 4.78 is 0.517. The summed E-state index contributed by atoms with van der Waals surface area (Å²) in [6.45, 7) is 2.38. The van der Waals surface area contributed by atoms with Gasteiger partial charge >= 0.3 is 0 Å². The summed E-state index contributed by atoms with van der Waals surface area (Å²) in [7, 11) is 0. The molecule has 1 amide bonds. The lowest BCUT2D eigenvalue weighted by Crippen LogP contribution is -2.26. The van der Waals surface area contributed by atoms with Crippen LogP contribution in [0.2, 0.25) is 0 Å². The Labute approximate surface area is 130 Å². The number of benzene rings is 1. The number of carbonyl (C=O) groups is 1. The first-order chi connectivity index (χ1) is 10.1. The van der Waals surface area contributed by atoms with Crippen molar-refractivity contribution in [2.45, 2.75) is 12.8 Å². The molecule has 0 radical (unpaired) electrons. The second-order valence-corrected chi connectivity index (χ2v) is 5.69. The molecule has 6 nitrogen and oxygen atoms in total. The van der Waals surface area contributed by atoms with Gasteiger partial charge in [0.15, 0.2) is 0 Å². The third kappa shape index (κ3) is 4.64. The van der Waals surface area contributed by atoms with Crippen LogP contribution < -0.4 is 10.6 Å². The van der Waals surface area contributed by atoms with E-state index in [2.05, 4.69) is 32.6 Å². The lowest BCUT2D eigenvalue weighted by atomic mass is 10.1. The van der Waals surface area contributed by atoms with Gasteiger partial charge < -0.3 is 10.6 Å². The van der Waals surface area contributed by atoms with Gasteiger partial charge in [0, 0.05) is 35.3 Å². The van der Waals surface area contributed by atoms with E-state index in [4.69, 9.17) is 0 Å².